The van der Waals surface area contributed by atoms with Crippen molar-refractivity contribution in [1.82, 2.24) is 15.3 Å². The molecule has 0 saturated heterocycles. The summed E-state index contributed by atoms with van der Waals surface area (Å²) >= 11 is 0. The summed E-state index contributed by atoms with van der Waals surface area (Å²) in [6, 6.07) is 14.1. The highest BCUT2D eigenvalue weighted by Crippen LogP contribution is 2.44. The second kappa shape index (κ2) is 8.89. The Labute approximate surface area is 186 Å². The summed E-state index contributed by atoms with van der Waals surface area (Å²) in [5.41, 5.74) is 4.22. The van der Waals surface area contributed by atoms with Gasteiger partial charge in [0.2, 0.25) is 5.82 Å². The lowest BCUT2D eigenvalue weighted by atomic mass is 9.98. The smallest absolute Gasteiger partial charge is 0.451 e. The highest BCUT2D eigenvalue weighted by atomic mass is 19.4. The number of aromatic nitrogens is 2. The monoisotopic (exact) mass is 457 g/mol. The van der Waals surface area contributed by atoms with Gasteiger partial charge in [0.1, 0.15) is 12.6 Å². The van der Waals surface area contributed by atoms with Crippen LogP contribution in [0.15, 0.2) is 60.9 Å². The predicted octanol–water partition coefficient (Wildman–Crippen LogP) is 4.03. The Morgan fingerprint density at radius 3 is 2.06 bits per heavy atom. The number of carbonyl (C=O) groups is 2. The molecule has 1 amide bonds. The molecule has 2 N–H and O–H groups in total. The number of benzene rings is 2. The van der Waals surface area contributed by atoms with Crippen molar-refractivity contribution >= 4 is 12.1 Å². The number of hydrogen-bond acceptors (Lipinski definition) is 5. The Morgan fingerprint density at radius 1 is 1.00 bits per heavy atom. The van der Waals surface area contributed by atoms with Crippen LogP contribution in [0.3, 0.4) is 0 Å². The molecule has 0 saturated carbocycles. The van der Waals surface area contributed by atoms with E-state index >= 15 is 0 Å². The number of amides is 1. The number of carbonyl (C=O) groups excluding carboxylic acids is 1. The number of halogens is 3. The van der Waals surface area contributed by atoms with Crippen molar-refractivity contribution in [3.05, 3.63) is 83.4 Å². The molecule has 0 fully saturated rings. The van der Waals surface area contributed by atoms with Gasteiger partial charge in [-0.15, -0.1) is 0 Å². The van der Waals surface area contributed by atoms with E-state index in [1.165, 1.54) is 0 Å². The van der Waals surface area contributed by atoms with E-state index < -0.39 is 30.1 Å². The fourth-order valence-corrected chi connectivity index (χ4v) is 3.82. The van der Waals surface area contributed by atoms with Gasteiger partial charge in [0.05, 0.1) is 0 Å². The first-order chi connectivity index (χ1) is 15.7. The van der Waals surface area contributed by atoms with E-state index in [0.29, 0.717) is 0 Å². The molecule has 0 spiro atoms. The van der Waals surface area contributed by atoms with E-state index in [1.54, 1.807) is 0 Å². The molecule has 1 aliphatic carbocycles. The van der Waals surface area contributed by atoms with Crippen LogP contribution >= 0.6 is 0 Å². The standard InChI is InChI=1S/C23H18F3N3O4/c24-23(25,26)21-27-10-13(11-28-21)9-19(20(30)31)29-22(32)33-12-18-16-7-3-1-5-14(16)15-6-2-4-8-17(15)18/h1-8,10-11,18-19H,9,12H2,(H,29,32)(H,30,31)/t19-/m0/s1. The quantitative estimate of drug-likeness (QED) is 0.580. The minimum Gasteiger partial charge on any atom is -0.480 e. The Kier molecular flexibility index (Phi) is 5.99. The van der Waals surface area contributed by atoms with Crippen molar-refractivity contribution < 1.29 is 32.6 Å². The van der Waals surface area contributed by atoms with Gasteiger partial charge < -0.3 is 15.2 Å². The molecule has 170 valence electrons. The molecule has 0 radical (unpaired) electrons. The molecule has 0 bridgehead atoms. The summed E-state index contributed by atoms with van der Waals surface area (Å²) in [5, 5.41) is 11.7. The molecule has 1 aliphatic rings. The van der Waals surface area contributed by atoms with E-state index in [0.717, 1.165) is 34.6 Å². The third-order valence-corrected chi connectivity index (χ3v) is 5.33. The number of hydrogen-bond donors (Lipinski definition) is 2. The maximum Gasteiger partial charge on any atom is 0.451 e. The fraction of sp³-hybridized carbons (Fsp3) is 0.217. The molecule has 4 rings (SSSR count). The van der Waals surface area contributed by atoms with Gasteiger partial charge in [0.25, 0.3) is 0 Å². The molecule has 1 heterocycles. The highest BCUT2D eigenvalue weighted by Gasteiger charge is 2.34. The third-order valence-electron chi connectivity index (χ3n) is 5.33. The molecule has 1 aromatic heterocycles. The number of nitrogens with zero attached hydrogens (tertiary/aromatic N) is 2. The van der Waals surface area contributed by atoms with Crippen LogP contribution in [0, 0.1) is 0 Å². The van der Waals surface area contributed by atoms with E-state index in [4.69, 9.17) is 4.74 Å². The summed E-state index contributed by atoms with van der Waals surface area (Å²) in [7, 11) is 0. The second-order valence-corrected chi connectivity index (χ2v) is 7.48. The van der Waals surface area contributed by atoms with E-state index in [-0.39, 0.29) is 24.5 Å². The van der Waals surface area contributed by atoms with Gasteiger partial charge in [-0.05, 0) is 27.8 Å². The lowest BCUT2D eigenvalue weighted by Crippen LogP contribution is -2.43. The molecule has 0 unspecified atom stereocenters. The zero-order valence-corrected chi connectivity index (χ0v) is 17.0. The van der Waals surface area contributed by atoms with Crippen molar-refractivity contribution in [1.29, 1.82) is 0 Å². The molecule has 3 aromatic rings. The Hall–Kier alpha value is -3.95. The lowest BCUT2D eigenvalue weighted by Gasteiger charge is -2.17. The second-order valence-electron chi connectivity index (χ2n) is 7.48. The maximum atomic E-state index is 12.6. The highest BCUT2D eigenvalue weighted by molar-refractivity contribution is 5.81. The third kappa shape index (κ3) is 4.79. The van der Waals surface area contributed by atoms with Gasteiger partial charge in [-0.3, -0.25) is 0 Å². The van der Waals surface area contributed by atoms with E-state index in [2.05, 4.69) is 15.3 Å². The number of aliphatic carboxylic acids is 1. The van der Waals surface area contributed by atoms with Gasteiger partial charge in [0, 0.05) is 24.7 Å². The van der Waals surface area contributed by atoms with Crippen LogP contribution in [0.4, 0.5) is 18.0 Å². The van der Waals surface area contributed by atoms with Crippen molar-refractivity contribution in [2.75, 3.05) is 6.61 Å². The van der Waals surface area contributed by atoms with Gasteiger partial charge in [-0.1, -0.05) is 48.5 Å². The largest absolute Gasteiger partial charge is 0.480 e. The number of carboxylic acids is 1. The number of alkyl halides is 3. The zero-order chi connectivity index (χ0) is 23.6. The average Bonchev–Trinajstić information content (AvgIpc) is 3.11. The first-order valence-electron chi connectivity index (χ1n) is 9.96. The van der Waals surface area contributed by atoms with Crippen molar-refractivity contribution in [3.63, 3.8) is 0 Å². The number of ether oxygens (including phenoxy) is 1. The SMILES string of the molecule is O=C(N[C@@H](Cc1cnc(C(F)(F)F)nc1)C(=O)O)OCC1c2ccccc2-c2ccccc21. The first-order valence-corrected chi connectivity index (χ1v) is 9.96. The summed E-state index contributed by atoms with van der Waals surface area (Å²) in [5.74, 6) is -2.90. The number of fused-ring (bicyclic) bond motifs is 3. The Bertz CT molecular complexity index is 1140. The van der Waals surface area contributed by atoms with Gasteiger partial charge in [-0.2, -0.15) is 13.2 Å². The van der Waals surface area contributed by atoms with Crippen LogP contribution in [0.5, 0.6) is 0 Å². The van der Waals surface area contributed by atoms with Gasteiger partial charge >= 0.3 is 18.2 Å². The van der Waals surface area contributed by atoms with Crippen molar-refractivity contribution in [2.24, 2.45) is 0 Å². The maximum absolute atomic E-state index is 12.6. The number of rotatable bonds is 6. The molecule has 7 nitrogen and oxygen atoms in total. The summed E-state index contributed by atoms with van der Waals surface area (Å²) in [6.07, 6.45) is -4.20. The van der Waals surface area contributed by atoms with Crippen LogP contribution in [0.25, 0.3) is 11.1 Å². The topological polar surface area (TPSA) is 101 Å². The zero-order valence-electron chi connectivity index (χ0n) is 17.0. The summed E-state index contributed by atoms with van der Waals surface area (Å²) < 4.78 is 43.1. The minimum atomic E-state index is -4.70. The fourth-order valence-electron chi connectivity index (χ4n) is 3.82. The number of carboxylic acid groups (broad SMARTS) is 1. The van der Waals surface area contributed by atoms with E-state index in [9.17, 15) is 27.9 Å². The molecule has 0 aliphatic heterocycles. The normalized spacial score (nSPS) is 13.7. The number of alkyl carbamates (subject to hydrolysis) is 1. The lowest BCUT2D eigenvalue weighted by molar-refractivity contribution is -0.145. The predicted molar refractivity (Wildman–Crippen MR) is 110 cm³/mol. The first kappa shape index (κ1) is 22.3. The van der Waals surface area contributed by atoms with Gasteiger partial charge in [0.15, 0.2) is 0 Å². The summed E-state index contributed by atoms with van der Waals surface area (Å²) in [6.45, 7) is -0.00438. The number of nitrogens with one attached hydrogen (secondary N) is 1. The van der Waals surface area contributed by atoms with Crippen LogP contribution in [-0.4, -0.2) is 39.8 Å². The van der Waals surface area contributed by atoms with Gasteiger partial charge in [-0.25, -0.2) is 19.6 Å². The molecular weight excluding hydrogens is 439 g/mol. The van der Waals surface area contributed by atoms with Crippen LogP contribution in [-0.2, 0) is 22.1 Å². The Morgan fingerprint density at radius 2 is 1.55 bits per heavy atom. The molecule has 33 heavy (non-hydrogen) atoms. The minimum absolute atomic E-state index is 0.00438. The van der Waals surface area contributed by atoms with Crippen LogP contribution in [0.2, 0.25) is 0 Å². The van der Waals surface area contributed by atoms with Crippen LogP contribution < -0.4 is 5.32 Å². The summed E-state index contributed by atoms with van der Waals surface area (Å²) in [4.78, 5) is 30.3. The van der Waals surface area contributed by atoms with E-state index in [1.807, 2.05) is 48.5 Å². The molecule has 2 aromatic carbocycles. The Balaban J connectivity index is 1.41. The van der Waals surface area contributed by atoms with Crippen molar-refractivity contribution in [2.45, 2.75) is 24.6 Å². The van der Waals surface area contributed by atoms with Crippen molar-refractivity contribution in [3.8, 4) is 11.1 Å². The molecule has 1 atom stereocenters. The average molecular weight is 457 g/mol. The molecular formula is C23H18F3N3O4. The van der Waals surface area contributed by atoms with Crippen LogP contribution in [0.1, 0.15) is 28.4 Å². The molecule has 10 heteroatoms.